The second-order valence-electron chi connectivity index (χ2n) is 3.44. The van der Waals surface area contributed by atoms with Crippen molar-refractivity contribution in [2.75, 3.05) is 13.7 Å². The van der Waals surface area contributed by atoms with Crippen LogP contribution in [0.5, 0.6) is 5.75 Å². The number of halogens is 1. The number of nitrogens with one attached hydrogen (secondary N) is 1. The first-order valence-corrected chi connectivity index (χ1v) is 5.94. The van der Waals surface area contributed by atoms with Gasteiger partial charge in [-0.25, -0.2) is 4.79 Å². The summed E-state index contributed by atoms with van der Waals surface area (Å²) in [5.74, 6) is 0.278. The minimum absolute atomic E-state index is 0.0327. The Morgan fingerprint density at radius 2 is 2.06 bits per heavy atom. The quantitative estimate of drug-likeness (QED) is 0.636. The Kier molecular flexibility index (Phi) is 6.08. The van der Waals surface area contributed by atoms with E-state index in [-0.39, 0.29) is 5.03 Å². The lowest BCUT2D eigenvalue weighted by Crippen LogP contribution is -2.10. The standard InChI is InChI=1S/C13H16ClNO3/c1-3-18-13(16)12(14)9-15-8-10-4-6-11(17-2)7-5-10/h4-7,9,15H,3,8H2,1-2H3/b12-9-. The summed E-state index contributed by atoms with van der Waals surface area (Å²) in [6.45, 7) is 2.61. The number of carbonyl (C=O) groups excluding carboxylic acids is 1. The molecule has 1 aromatic rings. The Morgan fingerprint density at radius 3 is 2.61 bits per heavy atom. The molecule has 1 aromatic carbocycles. The Bertz CT molecular complexity index is 415. The Labute approximate surface area is 112 Å². The lowest BCUT2D eigenvalue weighted by molar-refractivity contribution is -0.137. The van der Waals surface area contributed by atoms with Crippen LogP contribution in [0.2, 0.25) is 0 Å². The van der Waals surface area contributed by atoms with Gasteiger partial charge in [0.05, 0.1) is 13.7 Å². The highest BCUT2D eigenvalue weighted by Crippen LogP contribution is 2.11. The topological polar surface area (TPSA) is 47.6 Å². The zero-order chi connectivity index (χ0) is 13.4. The summed E-state index contributed by atoms with van der Waals surface area (Å²) >= 11 is 5.73. The van der Waals surface area contributed by atoms with Gasteiger partial charge in [-0.3, -0.25) is 0 Å². The Balaban J connectivity index is 2.44. The first kappa shape index (κ1) is 14.4. The van der Waals surface area contributed by atoms with Crippen molar-refractivity contribution >= 4 is 17.6 Å². The van der Waals surface area contributed by atoms with Gasteiger partial charge in [-0.1, -0.05) is 23.7 Å². The molecule has 0 fully saturated rings. The summed E-state index contributed by atoms with van der Waals surface area (Å²) in [7, 11) is 1.62. The molecule has 0 radical (unpaired) electrons. The van der Waals surface area contributed by atoms with E-state index in [4.69, 9.17) is 21.1 Å². The van der Waals surface area contributed by atoms with Crippen LogP contribution >= 0.6 is 11.6 Å². The minimum atomic E-state index is -0.526. The van der Waals surface area contributed by atoms with Gasteiger partial charge in [0.15, 0.2) is 0 Å². The molecule has 0 amide bonds. The molecule has 1 rings (SSSR count). The third-order valence-corrected chi connectivity index (χ3v) is 2.43. The molecule has 1 N–H and O–H groups in total. The highest BCUT2D eigenvalue weighted by Gasteiger charge is 2.05. The smallest absolute Gasteiger partial charge is 0.351 e. The molecule has 4 nitrogen and oxygen atoms in total. The zero-order valence-electron chi connectivity index (χ0n) is 10.4. The van der Waals surface area contributed by atoms with Gasteiger partial charge in [-0.15, -0.1) is 0 Å². The van der Waals surface area contributed by atoms with E-state index < -0.39 is 5.97 Å². The van der Waals surface area contributed by atoms with Gasteiger partial charge < -0.3 is 14.8 Å². The van der Waals surface area contributed by atoms with Crippen molar-refractivity contribution in [3.8, 4) is 5.75 Å². The number of benzene rings is 1. The van der Waals surface area contributed by atoms with Crippen LogP contribution in [0.25, 0.3) is 0 Å². The van der Waals surface area contributed by atoms with Crippen LogP contribution in [-0.4, -0.2) is 19.7 Å². The third kappa shape index (κ3) is 4.67. The van der Waals surface area contributed by atoms with Crippen LogP contribution in [-0.2, 0) is 16.1 Å². The van der Waals surface area contributed by atoms with E-state index in [1.165, 1.54) is 6.20 Å². The van der Waals surface area contributed by atoms with Crippen LogP contribution in [0.15, 0.2) is 35.5 Å². The van der Waals surface area contributed by atoms with E-state index in [1.807, 2.05) is 24.3 Å². The molecule has 0 saturated heterocycles. The first-order valence-electron chi connectivity index (χ1n) is 5.56. The van der Waals surface area contributed by atoms with Crippen LogP contribution in [0.4, 0.5) is 0 Å². The molecule has 0 heterocycles. The highest BCUT2D eigenvalue weighted by atomic mass is 35.5. The number of hydrogen-bond acceptors (Lipinski definition) is 4. The predicted molar refractivity (Wildman–Crippen MR) is 70.4 cm³/mol. The van der Waals surface area contributed by atoms with Gasteiger partial charge in [-0.05, 0) is 24.6 Å². The van der Waals surface area contributed by atoms with E-state index in [9.17, 15) is 4.79 Å². The molecule has 98 valence electrons. The van der Waals surface area contributed by atoms with E-state index >= 15 is 0 Å². The highest BCUT2D eigenvalue weighted by molar-refractivity contribution is 6.41. The number of ether oxygens (including phenoxy) is 2. The van der Waals surface area contributed by atoms with Gasteiger partial charge >= 0.3 is 5.97 Å². The van der Waals surface area contributed by atoms with Crippen molar-refractivity contribution in [3.63, 3.8) is 0 Å². The third-order valence-electron chi connectivity index (χ3n) is 2.16. The molecule has 0 aliphatic heterocycles. The second-order valence-corrected chi connectivity index (χ2v) is 3.85. The molecule has 0 bridgehead atoms. The van der Waals surface area contributed by atoms with Crippen LogP contribution < -0.4 is 10.1 Å². The van der Waals surface area contributed by atoms with Gasteiger partial charge in [0.1, 0.15) is 10.8 Å². The van der Waals surface area contributed by atoms with Gasteiger partial charge in [-0.2, -0.15) is 0 Å². The van der Waals surface area contributed by atoms with Gasteiger partial charge in [0.2, 0.25) is 0 Å². The lowest BCUT2D eigenvalue weighted by atomic mass is 10.2. The number of methoxy groups -OCH3 is 1. The summed E-state index contributed by atoms with van der Waals surface area (Å²) in [5, 5.41) is 2.98. The molecule has 0 aliphatic carbocycles. The van der Waals surface area contributed by atoms with Crippen molar-refractivity contribution in [1.82, 2.24) is 5.32 Å². The number of esters is 1. The molecule has 0 saturated carbocycles. The average Bonchev–Trinajstić information content (AvgIpc) is 2.39. The maximum Gasteiger partial charge on any atom is 0.351 e. The van der Waals surface area contributed by atoms with E-state index in [0.717, 1.165) is 11.3 Å². The van der Waals surface area contributed by atoms with E-state index in [0.29, 0.717) is 13.2 Å². The SMILES string of the molecule is CCOC(=O)/C(Cl)=C/NCc1ccc(OC)cc1. The van der Waals surface area contributed by atoms with Crippen molar-refractivity contribution < 1.29 is 14.3 Å². The molecular formula is C13H16ClNO3. The molecule has 0 atom stereocenters. The molecule has 18 heavy (non-hydrogen) atoms. The lowest BCUT2D eigenvalue weighted by Gasteiger charge is -2.04. The van der Waals surface area contributed by atoms with Crippen molar-refractivity contribution in [2.24, 2.45) is 0 Å². The molecule has 5 heteroatoms. The minimum Gasteiger partial charge on any atom is -0.497 e. The van der Waals surface area contributed by atoms with Gasteiger partial charge in [0.25, 0.3) is 0 Å². The molecule has 0 unspecified atom stereocenters. The number of rotatable bonds is 6. The Morgan fingerprint density at radius 1 is 1.39 bits per heavy atom. The first-order chi connectivity index (χ1) is 8.67. The summed E-state index contributed by atoms with van der Waals surface area (Å²) in [4.78, 5) is 11.2. The van der Waals surface area contributed by atoms with Crippen molar-refractivity contribution in [2.45, 2.75) is 13.5 Å². The van der Waals surface area contributed by atoms with E-state index in [1.54, 1.807) is 14.0 Å². The fraction of sp³-hybridized carbons (Fsp3) is 0.308. The molecule has 0 spiro atoms. The maximum absolute atomic E-state index is 11.2. The van der Waals surface area contributed by atoms with Crippen molar-refractivity contribution in [3.05, 3.63) is 41.1 Å². The van der Waals surface area contributed by atoms with Crippen LogP contribution in [0.1, 0.15) is 12.5 Å². The summed E-state index contributed by atoms with van der Waals surface area (Å²) in [5.41, 5.74) is 1.06. The summed E-state index contributed by atoms with van der Waals surface area (Å²) in [6.07, 6.45) is 1.43. The predicted octanol–water partition coefficient (Wildman–Crippen LogP) is 2.43. The molecular weight excluding hydrogens is 254 g/mol. The largest absolute Gasteiger partial charge is 0.497 e. The average molecular weight is 270 g/mol. The molecule has 0 aromatic heterocycles. The summed E-state index contributed by atoms with van der Waals surface area (Å²) in [6, 6.07) is 7.59. The normalized spacial score (nSPS) is 10.9. The monoisotopic (exact) mass is 269 g/mol. The van der Waals surface area contributed by atoms with Crippen molar-refractivity contribution in [1.29, 1.82) is 0 Å². The fourth-order valence-electron chi connectivity index (χ4n) is 1.26. The second kappa shape index (κ2) is 7.61. The van der Waals surface area contributed by atoms with Crippen LogP contribution in [0.3, 0.4) is 0 Å². The molecule has 0 aliphatic rings. The maximum atomic E-state index is 11.2. The van der Waals surface area contributed by atoms with Gasteiger partial charge in [0, 0.05) is 12.7 Å². The number of hydrogen-bond donors (Lipinski definition) is 1. The number of carbonyl (C=O) groups is 1. The summed E-state index contributed by atoms with van der Waals surface area (Å²) < 4.78 is 9.80. The van der Waals surface area contributed by atoms with Crippen LogP contribution in [0, 0.1) is 0 Å². The zero-order valence-corrected chi connectivity index (χ0v) is 11.2. The fourth-order valence-corrected chi connectivity index (χ4v) is 1.39. The van der Waals surface area contributed by atoms with E-state index in [2.05, 4.69) is 5.32 Å². The Hall–Kier alpha value is -1.68.